The van der Waals surface area contributed by atoms with Gasteiger partial charge in [0.15, 0.2) is 5.82 Å². The van der Waals surface area contributed by atoms with E-state index in [1.54, 1.807) is 0 Å². The molecule has 0 amide bonds. The molecule has 23 heavy (non-hydrogen) atoms. The Hall–Kier alpha value is -2.88. The van der Waals surface area contributed by atoms with Crippen molar-refractivity contribution in [2.45, 2.75) is 0 Å². The van der Waals surface area contributed by atoms with Gasteiger partial charge in [0.25, 0.3) is 5.88 Å². The topological polar surface area (TPSA) is 31.4 Å². The minimum atomic E-state index is -0.482. The third kappa shape index (κ3) is 2.88. The molecule has 3 rings (SSSR count). The fourth-order valence-corrected chi connectivity index (χ4v) is 2.48. The van der Waals surface area contributed by atoms with Crippen molar-refractivity contribution in [1.82, 2.24) is 4.98 Å². The number of aromatic nitrogens is 1. The van der Waals surface area contributed by atoms with Gasteiger partial charge in [-0.25, -0.2) is 9.37 Å². The van der Waals surface area contributed by atoms with E-state index in [-0.39, 0.29) is 11.6 Å². The summed E-state index contributed by atoms with van der Waals surface area (Å²) >= 11 is 0. The molecule has 0 N–H and O–H groups in total. The summed E-state index contributed by atoms with van der Waals surface area (Å²) in [5.41, 5.74) is 3.19. The Morgan fingerprint density at radius 3 is 2.22 bits per heavy atom. The first-order valence-electron chi connectivity index (χ1n) is 7.17. The lowest BCUT2D eigenvalue weighted by Gasteiger charge is -2.11. The molecule has 0 atom stereocenters. The number of hydrogen-bond acceptors (Lipinski definition) is 3. The molecule has 0 spiro atoms. The molecule has 0 bridgehead atoms. The highest BCUT2D eigenvalue weighted by Gasteiger charge is 2.17. The smallest absolute Gasteiger partial charge is 0.259 e. The zero-order valence-corrected chi connectivity index (χ0v) is 12.9. The van der Waals surface area contributed by atoms with Crippen molar-refractivity contribution in [2.75, 3.05) is 14.2 Å². The zero-order valence-electron chi connectivity index (χ0n) is 12.9. The third-order valence-electron chi connectivity index (χ3n) is 3.62. The summed E-state index contributed by atoms with van der Waals surface area (Å²) in [5.74, 6) is -0.340. The molecule has 0 aliphatic rings. The largest absolute Gasteiger partial charge is 0.489 e. The standard InChI is InChI=1S/C19H16FNO2/c1-22-18-17(20)16(12-21-19(18)23-2)15-10-6-9-14(11-15)13-7-4-3-5-8-13/h3-12H,1-2H3. The van der Waals surface area contributed by atoms with E-state index in [0.717, 1.165) is 16.7 Å². The number of pyridine rings is 1. The van der Waals surface area contributed by atoms with Crippen molar-refractivity contribution >= 4 is 0 Å². The van der Waals surface area contributed by atoms with Gasteiger partial charge in [0, 0.05) is 11.8 Å². The Kier molecular flexibility index (Phi) is 4.24. The fourth-order valence-electron chi connectivity index (χ4n) is 2.48. The Balaban J connectivity index is 2.10. The number of benzene rings is 2. The minimum absolute atomic E-state index is 0.00936. The van der Waals surface area contributed by atoms with Crippen LogP contribution in [0.2, 0.25) is 0 Å². The van der Waals surface area contributed by atoms with Gasteiger partial charge in [0.05, 0.1) is 14.2 Å². The highest BCUT2D eigenvalue weighted by atomic mass is 19.1. The van der Waals surface area contributed by atoms with E-state index in [9.17, 15) is 4.39 Å². The van der Waals surface area contributed by atoms with Crippen LogP contribution in [0, 0.1) is 5.82 Å². The van der Waals surface area contributed by atoms with Crippen LogP contribution < -0.4 is 9.47 Å². The van der Waals surface area contributed by atoms with Crippen LogP contribution in [0.1, 0.15) is 0 Å². The number of methoxy groups -OCH3 is 2. The molecule has 4 heteroatoms. The van der Waals surface area contributed by atoms with Crippen LogP contribution in [-0.4, -0.2) is 19.2 Å². The molecule has 116 valence electrons. The average molecular weight is 309 g/mol. The van der Waals surface area contributed by atoms with Crippen LogP contribution in [0.5, 0.6) is 11.6 Å². The van der Waals surface area contributed by atoms with Crippen LogP contribution in [0.25, 0.3) is 22.3 Å². The fraction of sp³-hybridized carbons (Fsp3) is 0.105. The lowest BCUT2D eigenvalue weighted by molar-refractivity contribution is 0.327. The summed E-state index contributed by atoms with van der Waals surface area (Å²) in [6, 6.07) is 17.6. The van der Waals surface area contributed by atoms with Gasteiger partial charge in [-0.15, -0.1) is 0 Å². The second kappa shape index (κ2) is 6.48. The summed E-state index contributed by atoms with van der Waals surface area (Å²) < 4.78 is 24.8. The van der Waals surface area contributed by atoms with Crippen molar-refractivity contribution in [3.05, 3.63) is 66.6 Å². The first kappa shape index (κ1) is 15.0. The van der Waals surface area contributed by atoms with E-state index in [1.807, 2.05) is 54.6 Å². The molecule has 0 aliphatic carbocycles. The summed E-state index contributed by atoms with van der Waals surface area (Å²) in [4.78, 5) is 4.12. The summed E-state index contributed by atoms with van der Waals surface area (Å²) in [6.45, 7) is 0. The van der Waals surface area contributed by atoms with Crippen molar-refractivity contribution < 1.29 is 13.9 Å². The SMILES string of the molecule is COc1ncc(-c2cccc(-c3ccccc3)c2)c(F)c1OC. The Bertz CT molecular complexity index is 819. The number of ether oxygens (including phenoxy) is 2. The second-order valence-corrected chi connectivity index (χ2v) is 4.98. The number of nitrogens with zero attached hydrogens (tertiary/aromatic N) is 1. The number of rotatable bonds is 4. The van der Waals surface area contributed by atoms with Crippen LogP contribution in [0.15, 0.2) is 60.8 Å². The van der Waals surface area contributed by atoms with Gasteiger partial charge in [0.1, 0.15) is 0 Å². The van der Waals surface area contributed by atoms with Gasteiger partial charge in [-0.2, -0.15) is 0 Å². The first-order valence-corrected chi connectivity index (χ1v) is 7.17. The molecular weight excluding hydrogens is 293 g/mol. The molecule has 3 aromatic rings. The van der Waals surface area contributed by atoms with E-state index in [4.69, 9.17) is 9.47 Å². The predicted octanol–water partition coefficient (Wildman–Crippen LogP) is 4.57. The van der Waals surface area contributed by atoms with E-state index < -0.39 is 5.82 Å². The van der Waals surface area contributed by atoms with E-state index in [0.29, 0.717) is 5.56 Å². The maximum Gasteiger partial charge on any atom is 0.259 e. The maximum atomic E-state index is 14.7. The molecular formula is C19H16FNO2. The Morgan fingerprint density at radius 2 is 1.52 bits per heavy atom. The lowest BCUT2D eigenvalue weighted by Crippen LogP contribution is -1.98. The lowest BCUT2D eigenvalue weighted by atomic mass is 9.99. The van der Waals surface area contributed by atoms with Gasteiger partial charge in [-0.1, -0.05) is 48.5 Å². The number of halogens is 1. The van der Waals surface area contributed by atoms with E-state index in [1.165, 1.54) is 20.4 Å². The van der Waals surface area contributed by atoms with Gasteiger partial charge < -0.3 is 9.47 Å². The molecule has 1 heterocycles. The quantitative estimate of drug-likeness (QED) is 0.707. The average Bonchev–Trinajstić information content (AvgIpc) is 2.62. The van der Waals surface area contributed by atoms with Gasteiger partial charge in [-0.3, -0.25) is 0 Å². The van der Waals surface area contributed by atoms with Crippen molar-refractivity contribution in [3.8, 4) is 33.9 Å². The van der Waals surface area contributed by atoms with Gasteiger partial charge in [0.2, 0.25) is 5.75 Å². The van der Waals surface area contributed by atoms with Crippen LogP contribution >= 0.6 is 0 Å². The molecule has 0 radical (unpaired) electrons. The maximum absolute atomic E-state index is 14.7. The third-order valence-corrected chi connectivity index (χ3v) is 3.62. The molecule has 0 saturated heterocycles. The molecule has 2 aromatic carbocycles. The van der Waals surface area contributed by atoms with Crippen LogP contribution in [-0.2, 0) is 0 Å². The molecule has 1 aromatic heterocycles. The monoisotopic (exact) mass is 309 g/mol. The zero-order chi connectivity index (χ0) is 16.2. The van der Waals surface area contributed by atoms with Gasteiger partial charge in [-0.05, 0) is 22.8 Å². The van der Waals surface area contributed by atoms with Crippen molar-refractivity contribution in [1.29, 1.82) is 0 Å². The summed E-state index contributed by atoms with van der Waals surface area (Å²) in [5, 5.41) is 0. The highest BCUT2D eigenvalue weighted by molar-refractivity contribution is 5.74. The predicted molar refractivity (Wildman–Crippen MR) is 88.2 cm³/mol. The molecule has 0 saturated carbocycles. The van der Waals surface area contributed by atoms with Crippen LogP contribution in [0.3, 0.4) is 0 Å². The van der Waals surface area contributed by atoms with Crippen molar-refractivity contribution in [2.24, 2.45) is 0 Å². The van der Waals surface area contributed by atoms with E-state index in [2.05, 4.69) is 4.98 Å². The van der Waals surface area contributed by atoms with Gasteiger partial charge >= 0.3 is 0 Å². The minimum Gasteiger partial charge on any atom is -0.489 e. The Morgan fingerprint density at radius 1 is 0.826 bits per heavy atom. The second-order valence-electron chi connectivity index (χ2n) is 4.98. The van der Waals surface area contributed by atoms with E-state index >= 15 is 0 Å². The first-order chi connectivity index (χ1) is 11.2. The molecule has 3 nitrogen and oxygen atoms in total. The molecule has 0 fully saturated rings. The van der Waals surface area contributed by atoms with Crippen molar-refractivity contribution in [3.63, 3.8) is 0 Å². The molecule has 0 aliphatic heterocycles. The van der Waals surface area contributed by atoms with Crippen LogP contribution in [0.4, 0.5) is 4.39 Å². The summed E-state index contributed by atoms with van der Waals surface area (Å²) in [7, 11) is 2.83. The highest BCUT2D eigenvalue weighted by Crippen LogP contribution is 2.35. The normalized spacial score (nSPS) is 10.4. The number of hydrogen-bond donors (Lipinski definition) is 0. The molecule has 0 unspecified atom stereocenters. The Labute approximate surface area is 134 Å². The summed E-state index contributed by atoms with van der Waals surface area (Å²) in [6.07, 6.45) is 1.46.